The van der Waals surface area contributed by atoms with E-state index in [2.05, 4.69) is 46.0 Å². The van der Waals surface area contributed by atoms with Crippen molar-refractivity contribution in [1.82, 2.24) is 9.88 Å². The standard InChI is InChI=1S/C18H23BrN2O2S/c1-11-5-7-14(21(10-11)17(22)23-18(2,3)4)12-6-8-15-13(9-12)20-16(19)24-15/h6,8-9,11,14H,5,7,10H2,1-4H3. The number of likely N-dealkylation sites (tertiary alicyclic amines) is 1. The minimum atomic E-state index is -0.480. The monoisotopic (exact) mass is 410 g/mol. The molecule has 2 aromatic rings. The summed E-state index contributed by atoms with van der Waals surface area (Å²) in [5, 5.41) is 0. The second-order valence-corrected chi connectivity index (χ2v) is 9.83. The van der Waals surface area contributed by atoms with Gasteiger partial charge in [-0.2, -0.15) is 0 Å². The van der Waals surface area contributed by atoms with Crippen LogP contribution in [0.15, 0.2) is 22.1 Å². The van der Waals surface area contributed by atoms with Crippen LogP contribution in [0.1, 0.15) is 52.1 Å². The van der Waals surface area contributed by atoms with E-state index in [1.54, 1.807) is 11.3 Å². The summed E-state index contributed by atoms with van der Waals surface area (Å²) in [5.74, 6) is 0.492. The largest absolute Gasteiger partial charge is 0.444 e. The first-order valence-corrected chi connectivity index (χ1v) is 9.89. The van der Waals surface area contributed by atoms with Crippen molar-refractivity contribution in [3.05, 3.63) is 27.7 Å². The molecule has 24 heavy (non-hydrogen) atoms. The number of nitrogens with zero attached hydrogens (tertiary/aromatic N) is 2. The smallest absolute Gasteiger partial charge is 0.410 e. The zero-order valence-electron chi connectivity index (χ0n) is 14.5. The van der Waals surface area contributed by atoms with Gasteiger partial charge in [0.1, 0.15) is 5.60 Å². The average molecular weight is 411 g/mol. The van der Waals surface area contributed by atoms with Gasteiger partial charge in [0.25, 0.3) is 0 Å². The third-order valence-electron chi connectivity index (χ3n) is 4.22. The molecule has 0 spiro atoms. The van der Waals surface area contributed by atoms with Crippen molar-refractivity contribution in [3.63, 3.8) is 0 Å². The van der Waals surface area contributed by atoms with Crippen LogP contribution in [0.2, 0.25) is 0 Å². The maximum atomic E-state index is 12.7. The van der Waals surface area contributed by atoms with Gasteiger partial charge in [0.2, 0.25) is 0 Å². The number of fused-ring (bicyclic) bond motifs is 1. The Bertz CT molecular complexity index is 753. The van der Waals surface area contributed by atoms with Gasteiger partial charge >= 0.3 is 6.09 Å². The summed E-state index contributed by atoms with van der Waals surface area (Å²) in [7, 11) is 0. The lowest BCUT2D eigenvalue weighted by Gasteiger charge is -2.39. The van der Waals surface area contributed by atoms with E-state index in [0.29, 0.717) is 5.92 Å². The van der Waals surface area contributed by atoms with Gasteiger partial charge in [0.15, 0.2) is 3.92 Å². The predicted molar refractivity (Wildman–Crippen MR) is 101 cm³/mol. The summed E-state index contributed by atoms with van der Waals surface area (Å²) < 4.78 is 7.67. The highest BCUT2D eigenvalue weighted by atomic mass is 79.9. The van der Waals surface area contributed by atoms with Gasteiger partial charge in [-0.1, -0.05) is 13.0 Å². The number of carbonyl (C=O) groups excluding carboxylic acids is 1. The number of thiazole rings is 1. The Labute approximate surface area is 155 Å². The molecule has 2 unspecified atom stereocenters. The number of ether oxygens (including phenoxy) is 1. The number of hydrogen-bond acceptors (Lipinski definition) is 4. The minimum absolute atomic E-state index is 0.0564. The van der Waals surface area contributed by atoms with Crippen LogP contribution in [0, 0.1) is 5.92 Å². The Kier molecular flexibility index (Phi) is 4.89. The van der Waals surface area contributed by atoms with Crippen molar-refractivity contribution in [2.75, 3.05) is 6.54 Å². The lowest BCUT2D eigenvalue weighted by atomic mass is 9.90. The summed E-state index contributed by atoms with van der Waals surface area (Å²) in [6.07, 6.45) is 1.85. The van der Waals surface area contributed by atoms with Crippen molar-refractivity contribution in [3.8, 4) is 0 Å². The Hall–Kier alpha value is -1.14. The molecule has 4 nitrogen and oxygen atoms in total. The topological polar surface area (TPSA) is 42.4 Å². The minimum Gasteiger partial charge on any atom is -0.444 e. The maximum Gasteiger partial charge on any atom is 0.410 e. The summed E-state index contributed by atoms with van der Waals surface area (Å²) in [6, 6.07) is 6.37. The second kappa shape index (κ2) is 6.64. The molecule has 130 valence electrons. The zero-order valence-corrected chi connectivity index (χ0v) is 16.9. The van der Waals surface area contributed by atoms with Crippen LogP contribution in [0.25, 0.3) is 10.2 Å². The van der Waals surface area contributed by atoms with E-state index in [0.717, 1.165) is 39.1 Å². The number of carbonyl (C=O) groups is 1. The highest BCUT2D eigenvalue weighted by Crippen LogP contribution is 2.36. The van der Waals surface area contributed by atoms with E-state index in [1.165, 1.54) is 0 Å². The quantitative estimate of drug-likeness (QED) is 0.599. The molecule has 1 aliphatic rings. The maximum absolute atomic E-state index is 12.7. The molecule has 1 fully saturated rings. The van der Waals surface area contributed by atoms with E-state index >= 15 is 0 Å². The van der Waals surface area contributed by atoms with Crippen LogP contribution < -0.4 is 0 Å². The van der Waals surface area contributed by atoms with E-state index in [4.69, 9.17) is 4.74 Å². The first-order valence-electron chi connectivity index (χ1n) is 8.28. The SMILES string of the molecule is CC1CCC(c2ccc3sc(Br)nc3c2)N(C(=O)OC(C)(C)C)C1. The third kappa shape index (κ3) is 3.91. The Balaban J connectivity index is 1.90. The Morgan fingerprint density at radius 1 is 1.38 bits per heavy atom. The van der Waals surface area contributed by atoms with Crippen molar-refractivity contribution in [1.29, 1.82) is 0 Å². The molecule has 1 aromatic carbocycles. The van der Waals surface area contributed by atoms with Crippen molar-refractivity contribution in [2.45, 2.75) is 52.2 Å². The van der Waals surface area contributed by atoms with Crippen LogP contribution >= 0.6 is 27.3 Å². The summed E-state index contributed by atoms with van der Waals surface area (Å²) in [6.45, 7) is 8.65. The fourth-order valence-corrected chi connectivity index (χ4v) is 4.53. The number of aromatic nitrogens is 1. The highest BCUT2D eigenvalue weighted by Gasteiger charge is 2.34. The number of piperidine rings is 1. The normalized spacial score (nSPS) is 22.0. The number of amides is 1. The van der Waals surface area contributed by atoms with E-state index in [1.807, 2.05) is 25.7 Å². The number of hydrogen-bond donors (Lipinski definition) is 0. The molecule has 0 aliphatic carbocycles. The molecular weight excluding hydrogens is 388 g/mol. The molecule has 0 saturated carbocycles. The second-order valence-electron chi connectivity index (χ2n) is 7.53. The molecule has 3 rings (SSSR count). The van der Waals surface area contributed by atoms with Gasteiger partial charge in [-0.25, -0.2) is 9.78 Å². The Morgan fingerprint density at radius 3 is 2.83 bits per heavy atom. The van der Waals surface area contributed by atoms with Gasteiger partial charge in [-0.3, -0.25) is 0 Å². The van der Waals surface area contributed by atoms with Crippen molar-refractivity contribution >= 4 is 43.6 Å². The molecule has 1 aromatic heterocycles. The first kappa shape index (κ1) is 17.7. The molecule has 1 saturated heterocycles. The first-order chi connectivity index (χ1) is 11.2. The summed E-state index contributed by atoms with van der Waals surface area (Å²) in [5.41, 5.74) is 1.64. The molecule has 0 bridgehead atoms. The predicted octanol–water partition coefficient (Wildman–Crippen LogP) is 5.77. The Morgan fingerprint density at radius 2 is 2.12 bits per heavy atom. The molecular formula is C18H23BrN2O2S. The molecule has 0 N–H and O–H groups in total. The molecule has 1 amide bonds. The van der Waals surface area contributed by atoms with Gasteiger partial charge < -0.3 is 9.64 Å². The van der Waals surface area contributed by atoms with Gasteiger partial charge in [0, 0.05) is 6.54 Å². The van der Waals surface area contributed by atoms with Crippen LogP contribution in [-0.4, -0.2) is 28.1 Å². The summed E-state index contributed by atoms with van der Waals surface area (Å²) >= 11 is 5.07. The van der Waals surface area contributed by atoms with Crippen LogP contribution in [0.4, 0.5) is 4.79 Å². The number of rotatable bonds is 1. The van der Waals surface area contributed by atoms with E-state index < -0.39 is 5.60 Å². The highest BCUT2D eigenvalue weighted by molar-refractivity contribution is 9.11. The van der Waals surface area contributed by atoms with Crippen LogP contribution in [0.3, 0.4) is 0 Å². The zero-order chi connectivity index (χ0) is 17.5. The van der Waals surface area contributed by atoms with Crippen molar-refractivity contribution in [2.24, 2.45) is 5.92 Å². The third-order valence-corrected chi connectivity index (χ3v) is 5.70. The average Bonchev–Trinajstić information content (AvgIpc) is 2.84. The van der Waals surface area contributed by atoms with Crippen molar-refractivity contribution < 1.29 is 9.53 Å². The molecule has 1 aliphatic heterocycles. The molecule has 0 radical (unpaired) electrons. The fraction of sp³-hybridized carbons (Fsp3) is 0.556. The summed E-state index contributed by atoms with van der Waals surface area (Å²) in [4.78, 5) is 19.1. The number of benzene rings is 1. The van der Waals surface area contributed by atoms with Gasteiger partial charge in [0.05, 0.1) is 16.3 Å². The molecule has 2 atom stereocenters. The van der Waals surface area contributed by atoms with Crippen LogP contribution in [-0.2, 0) is 4.74 Å². The van der Waals surface area contributed by atoms with Gasteiger partial charge in [-0.05, 0) is 73.2 Å². The molecule has 2 heterocycles. The molecule has 6 heteroatoms. The lowest BCUT2D eigenvalue weighted by molar-refractivity contribution is 0.00365. The van der Waals surface area contributed by atoms with Crippen LogP contribution in [0.5, 0.6) is 0 Å². The number of halogens is 1. The fourth-order valence-electron chi connectivity index (χ4n) is 3.15. The lowest BCUT2D eigenvalue weighted by Crippen LogP contribution is -2.44. The van der Waals surface area contributed by atoms with E-state index in [9.17, 15) is 4.79 Å². The van der Waals surface area contributed by atoms with Gasteiger partial charge in [-0.15, -0.1) is 11.3 Å². The van der Waals surface area contributed by atoms with E-state index in [-0.39, 0.29) is 12.1 Å².